The fourth-order valence-electron chi connectivity index (χ4n) is 1.18. The average molecular weight is 241 g/mol. The highest BCUT2D eigenvalue weighted by Gasteiger charge is 2.09. The van der Waals surface area contributed by atoms with Crippen molar-refractivity contribution in [1.82, 2.24) is 4.98 Å². The highest BCUT2D eigenvalue weighted by atomic mass is 32.2. The molecule has 1 rings (SSSR count). The van der Waals surface area contributed by atoms with Gasteiger partial charge in [0.25, 0.3) is 0 Å². The number of rotatable bonds is 6. The first-order chi connectivity index (χ1) is 7.65. The van der Waals surface area contributed by atoms with Gasteiger partial charge in [-0.3, -0.25) is 0 Å². The minimum Gasteiger partial charge on any atom is -0.478 e. The molecule has 0 aromatic carbocycles. The highest BCUT2D eigenvalue weighted by Crippen LogP contribution is 2.14. The summed E-state index contributed by atoms with van der Waals surface area (Å²) in [6, 6.07) is 1.46. The molecule has 0 atom stereocenters. The lowest BCUT2D eigenvalue weighted by Gasteiger charge is -2.07. The van der Waals surface area contributed by atoms with Crippen LogP contribution in [0.15, 0.2) is 12.3 Å². The van der Waals surface area contributed by atoms with Crippen molar-refractivity contribution >= 4 is 29.2 Å². The van der Waals surface area contributed by atoms with Crippen molar-refractivity contribution in [1.29, 1.82) is 0 Å². The molecule has 1 aromatic heterocycles. The maximum Gasteiger partial charge on any atom is 0.337 e. The molecule has 6 heteroatoms. The number of nitrogens with one attached hydrogen (secondary N) is 1. The van der Waals surface area contributed by atoms with E-state index in [1.165, 1.54) is 12.3 Å². The summed E-state index contributed by atoms with van der Waals surface area (Å²) in [6.45, 7) is 0.775. The maximum atomic E-state index is 10.8. The second kappa shape index (κ2) is 6.22. The molecule has 0 aliphatic heterocycles. The molecular weight excluding hydrogens is 226 g/mol. The standard InChI is InChI=1S/C10H15N3O2S/c1-16-4-2-3-12-9-5-7(10(14)15)8(11)6-13-9/h5-6H,2-4,11H2,1H3,(H,12,13)(H,14,15). The zero-order chi connectivity index (χ0) is 12.0. The Kier molecular flexibility index (Phi) is 4.91. The van der Waals surface area contributed by atoms with E-state index in [4.69, 9.17) is 10.8 Å². The number of nitrogens with two attached hydrogens (primary N) is 1. The Morgan fingerprint density at radius 1 is 1.69 bits per heavy atom. The van der Waals surface area contributed by atoms with Crippen LogP contribution in [0.2, 0.25) is 0 Å². The van der Waals surface area contributed by atoms with Crippen LogP contribution in [-0.2, 0) is 0 Å². The van der Waals surface area contributed by atoms with E-state index in [1.54, 1.807) is 11.8 Å². The molecule has 1 aromatic rings. The minimum atomic E-state index is -1.04. The van der Waals surface area contributed by atoms with Gasteiger partial charge in [-0.2, -0.15) is 11.8 Å². The number of aromatic nitrogens is 1. The number of aromatic carboxylic acids is 1. The van der Waals surface area contributed by atoms with Gasteiger partial charge < -0.3 is 16.2 Å². The van der Waals surface area contributed by atoms with Crippen LogP contribution in [0.1, 0.15) is 16.8 Å². The molecule has 5 nitrogen and oxygen atoms in total. The predicted octanol–water partition coefficient (Wildman–Crippen LogP) is 1.53. The van der Waals surface area contributed by atoms with Gasteiger partial charge in [-0.1, -0.05) is 0 Å². The summed E-state index contributed by atoms with van der Waals surface area (Å²) in [7, 11) is 0. The molecule has 0 saturated carbocycles. The number of anilines is 2. The Balaban J connectivity index is 2.61. The first kappa shape index (κ1) is 12.6. The zero-order valence-electron chi connectivity index (χ0n) is 9.06. The molecule has 0 saturated heterocycles. The van der Waals surface area contributed by atoms with Crippen LogP contribution in [-0.4, -0.2) is 34.6 Å². The summed E-state index contributed by atoms with van der Waals surface area (Å²) < 4.78 is 0. The van der Waals surface area contributed by atoms with E-state index >= 15 is 0 Å². The molecule has 0 aliphatic rings. The number of carboxylic acids is 1. The van der Waals surface area contributed by atoms with Crippen LogP contribution >= 0.6 is 11.8 Å². The Bertz CT molecular complexity index is 371. The van der Waals surface area contributed by atoms with Crippen molar-refractivity contribution < 1.29 is 9.90 Å². The molecule has 0 aliphatic carbocycles. The number of nitrogen functional groups attached to an aromatic ring is 1. The van der Waals surface area contributed by atoms with Gasteiger partial charge in [0.2, 0.25) is 0 Å². The molecule has 0 amide bonds. The lowest BCUT2D eigenvalue weighted by molar-refractivity contribution is 0.0698. The zero-order valence-corrected chi connectivity index (χ0v) is 9.88. The van der Waals surface area contributed by atoms with E-state index in [9.17, 15) is 4.79 Å². The smallest absolute Gasteiger partial charge is 0.337 e. The van der Waals surface area contributed by atoms with E-state index in [-0.39, 0.29) is 11.3 Å². The highest BCUT2D eigenvalue weighted by molar-refractivity contribution is 7.98. The second-order valence-electron chi connectivity index (χ2n) is 3.24. The van der Waals surface area contributed by atoms with Gasteiger partial charge in [0.1, 0.15) is 5.82 Å². The lowest BCUT2D eigenvalue weighted by Crippen LogP contribution is -2.08. The molecule has 1 heterocycles. The van der Waals surface area contributed by atoms with Crippen molar-refractivity contribution in [2.45, 2.75) is 6.42 Å². The van der Waals surface area contributed by atoms with Gasteiger partial charge >= 0.3 is 5.97 Å². The van der Waals surface area contributed by atoms with Gasteiger partial charge in [0, 0.05) is 6.54 Å². The molecule has 0 fully saturated rings. The van der Waals surface area contributed by atoms with E-state index in [2.05, 4.69) is 10.3 Å². The molecule has 16 heavy (non-hydrogen) atoms. The van der Waals surface area contributed by atoms with Gasteiger partial charge in [-0.15, -0.1) is 0 Å². The number of hydrogen-bond acceptors (Lipinski definition) is 5. The van der Waals surface area contributed by atoms with E-state index < -0.39 is 5.97 Å². The van der Waals surface area contributed by atoms with Crippen LogP contribution in [0, 0.1) is 0 Å². The average Bonchev–Trinajstić information content (AvgIpc) is 2.26. The van der Waals surface area contributed by atoms with Crippen LogP contribution in [0.3, 0.4) is 0 Å². The number of nitrogens with zero attached hydrogens (tertiary/aromatic N) is 1. The first-order valence-electron chi connectivity index (χ1n) is 4.86. The number of carboxylic acid groups (broad SMARTS) is 1. The maximum absolute atomic E-state index is 10.8. The quantitative estimate of drug-likeness (QED) is 0.654. The Hall–Kier alpha value is -1.43. The SMILES string of the molecule is CSCCCNc1cc(C(=O)O)c(N)cn1. The van der Waals surface area contributed by atoms with Crippen molar-refractivity contribution in [3.05, 3.63) is 17.8 Å². The predicted molar refractivity (Wildman–Crippen MR) is 67.1 cm³/mol. The summed E-state index contributed by atoms with van der Waals surface area (Å²) in [5, 5.41) is 11.9. The van der Waals surface area contributed by atoms with Gasteiger partial charge in [-0.25, -0.2) is 9.78 Å². The Morgan fingerprint density at radius 3 is 3.06 bits per heavy atom. The molecular formula is C10H15N3O2S. The second-order valence-corrected chi connectivity index (χ2v) is 4.22. The Labute approximate surface area is 98.4 Å². The van der Waals surface area contributed by atoms with Gasteiger partial charge in [0.15, 0.2) is 0 Å². The topological polar surface area (TPSA) is 88.2 Å². The monoisotopic (exact) mass is 241 g/mol. The van der Waals surface area contributed by atoms with Crippen molar-refractivity contribution in [2.75, 3.05) is 29.6 Å². The van der Waals surface area contributed by atoms with Crippen LogP contribution in [0.25, 0.3) is 0 Å². The largest absolute Gasteiger partial charge is 0.478 e. The fraction of sp³-hybridized carbons (Fsp3) is 0.400. The van der Waals surface area contributed by atoms with Crippen LogP contribution in [0.5, 0.6) is 0 Å². The molecule has 0 spiro atoms. The number of thioether (sulfide) groups is 1. The summed E-state index contributed by atoms with van der Waals surface area (Å²) in [6.07, 6.45) is 4.42. The van der Waals surface area contributed by atoms with E-state index in [0.717, 1.165) is 18.7 Å². The molecule has 0 unspecified atom stereocenters. The summed E-state index contributed by atoms with van der Waals surface area (Å²) >= 11 is 1.77. The number of pyridine rings is 1. The molecule has 4 N–H and O–H groups in total. The minimum absolute atomic E-state index is 0.0855. The third-order valence-corrected chi connectivity index (χ3v) is 2.69. The van der Waals surface area contributed by atoms with Crippen LogP contribution < -0.4 is 11.1 Å². The third kappa shape index (κ3) is 3.62. The van der Waals surface area contributed by atoms with Crippen molar-refractivity contribution in [3.8, 4) is 0 Å². The summed E-state index contributed by atoms with van der Waals surface area (Å²) in [5.74, 6) is 0.577. The normalized spacial score (nSPS) is 10.1. The molecule has 88 valence electrons. The number of hydrogen-bond donors (Lipinski definition) is 3. The van der Waals surface area contributed by atoms with Gasteiger partial charge in [-0.05, 0) is 24.5 Å². The van der Waals surface area contributed by atoms with Crippen molar-refractivity contribution in [3.63, 3.8) is 0 Å². The van der Waals surface area contributed by atoms with Gasteiger partial charge in [0.05, 0.1) is 17.4 Å². The van der Waals surface area contributed by atoms with Crippen molar-refractivity contribution in [2.24, 2.45) is 0 Å². The van der Waals surface area contributed by atoms with Crippen LogP contribution in [0.4, 0.5) is 11.5 Å². The summed E-state index contributed by atoms with van der Waals surface area (Å²) in [4.78, 5) is 14.8. The van der Waals surface area contributed by atoms with E-state index in [0.29, 0.717) is 5.82 Å². The fourth-order valence-corrected chi connectivity index (χ4v) is 1.61. The lowest BCUT2D eigenvalue weighted by atomic mass is 10.2. The molecule has 0 bridgehead atoms. The third-order valence-electron chi connectivity index (χ3n) is 2.00. The summed E-state index contributed by atoms with van der Waals surface area (Å²) in [5.41, 5.74) is 5.76. The number of carbonyl (C=O) groups is 1. The Morgan fingerprint density at radius 2 is 2.44 bits per heavy atom. The first-order valence-corrected chi connectivity index (χ1v) is 6.26. The molecule has 0 radical (unpaired) electrons. The van der Waals surface area contributed by atoms with E-state index in [1.807, 2.05) is 6.26 Å².